The Morgan fingerprint density at radius 2 is 1.75 bits per heavy atom. The summed E-state index contributed by atoms with van der Waals surface area (Å²) in [6.45, 7) is 2.30. The van der Waals surface area contributed by atoms with Gasteiger partial charge < -0.3 is 13.9 Å². The molecule has 1 aromatic heterocycles. The Kier molecular flexibility index (Phi) is 4.85. The summed E-state index contributed by atoms with van der Waals surface area (Å²) in [6, 6.07) is 23.0. The molecule has 0 aliphatic heterocycles. The molecule has 4 nitrogen and oxygen atoms in total. The number of methoxy groups -OCH3 is 1. The first kappa shape index (κ1) is 17.9. The number of ether oxygens (including phenoxy) is 2. The third kappa shape index (κ3) is 3.49. The van der Waals surface area contributed by atoms with E-state index in [-0.39, 0.29) is 5.63 Å². The van der Waals surface area contributed by atoms with Gasteiger partial charge in [0.1, 0.15) is 23.7 Å². The third-order valence-electron chi connectivity index (χ3n) is 4.72. The van der Waals surface area contributed by atoms with E-state index in [1.807, 2.05) is 73.7 Å². The molecule has 0 bridgehead atoms. The van der Waals surface area contributed by atoms with Crippen molar-refractivity contribution in [3.63, 3.8) is 0 Å². The van der Waals surface area contributed by atoms with Gasteiger partial charge in [-0.05, 0) is 47.9 Å². The molecule has 4 aromatic rings. The molecule has 1 heterocycles. The van der Waals surface area contributed by atoms with Crippen LogP contribution in [-0.4, -0.2) is 7.11 Å². The first-order valence-corrected chi connectivity index (χ1v) is 9.04. The molecule has 140 valence electrons. The lowest BCUT2D eigenvalue weighted by atomic mass is 10.0. The lowest BCUT2D eigenvalue weighted by molar-refractivity contribution is 0.303. The minimum atomic E-state index is -0.376. The Morgan fingerprint density at radius 1 is 0.929 bits per heavy atom. The van der Waals surface area contributed by atoms with Crippen LogP contribution in [0.15, 0.2) is 82.0 Å². The van der Waals surface area contributed by atoms with Crippen molar-refractivity contribution < 1.29 is 13.9 Å². The normalized spacial score (nSPS) is 10.8. The maximum absolute atomic E-state index is 12.2. The van der Waals surface area contributed by atoms with Crippen LogP contribution in [0, 0.1) is 6.92 Å². The fourth-order valence-corrected chi connectivity index (χ4v) is 3.28. The summed E-state index contributed by atoms with van der Waals surface area (Å²) in [6.07, 6.45) is 0. The average Bonchev–Trinajstić information content (AvgIpc) is 2.74. The van der Waals surface area contributed by atoms with Crippen molar-refractivity contribution in [1.29, 1.82) is 0 Å². The van der Waals surface area contributed by atoms with Crippen LogP contribution < -0.4 is 15.1 Å². The first-order chi connectivity index (χ1) is 13.7. The minimum Gasteiger partial charge on any atom is -0.497 e. The molecule has 0 spiro atoms. The van der Waals surface area contributed by atoms with Gasteiger partial charge in [-0.2, -0.15) is 0 Å². The van der Waals surface area contributed by atoms with Crippen LogP contribution in [0.1, 0.15) is 11.1 Å². The van der Waals surface area contributed by atoms with E-state index in [1.165, 1.54) is 6.07 Å². The standard InChI is InChI=1S/C24H20O4/c1-16-22(27-15-17-7-6-10-19(13-17)26-2)12-11-20-21(14-23(25)28-24(16)20)18-8-4-3-5-9-18/h3-14H,15H2,1-2H3. The molecule has 0 atom stereocenters. The summed E-state index contributed by atoms with van der Waals surface area (Å²) in [7, 11) is 1.64. The van der Waals surface area contributed by atoms with Crippen molar-refractivity contribution in [3.05, 3.63) is 94.3 Å². The largest absolute Gasteiger partial charge is 0.497 e. The number of fused-ring (bicyclic) bond motifs is 1. The number of hydrogen-bond donors (Lipinski definition) is 0. The van der Waals surface area contributed by atoms with E-state index >= 15 is 0 Å². The number of hydrogen-bond acceptors (Lipinski definition) is 4. The third-order valence-corrected chi connectivity index (χ3v) is 4.72. The predicted octanol–water partition coefficient (Wildman–Crippen LogP) is 5.36. The highest BCUT2D eigenvalue weighted by Gasteiger charge is 2.13. The van der Waals surface area contributed by atoms with Gasteiger partial charge in [-0.3, -0.25) is 0 Å². The van der Waals surface area contributed by atoms with Crippen molar-refractivity contribution in [2.24, 2.45) is 0 Å². The molecule has 4 heteroatoms. The number of benzene rings is 3. The fraction of sp³-hybridized carbons (Fsp3) is 0.125. The molecule has 4 rings (SSSR count). The molecule has 0 aliphatic carbocycles. The van der Waals surface area contributed by atoms with Crippen LogP contribution in [0.25, 0.3) is 22.1 Å². The van der Waals surface area contributed by atoms with E-state index in [4.69, 9.17) is 13.9 Å². The van der Waals surface area contributed by atoms with Gasteiger partial charge >= 0.3 is 5.63 Å². The van der Waals surface area contributed by atoms with E-state index in [2.05, 4.69) is 0 Å². The van der Waals surface area contributed by atoms with Gasteiger partial charge in [-0.25, -0.2) is 4.79 Å². The molecule has 0 saturated heterocycles. The van der Waals surface area contributed by atoms with Crippen molar-refractivity contribution in [1.82, 2.24) is 0 Å². The van der Waals surface area contributed by atoms with E-state index < -0.39 is 0 Å². The van der Waals surface area contributed by atoms with Crippen molar-refractivity contribution in [2.75, 3.05) is 7.11 Å². The topological polar surface area (TPSA) is 48.7 Å². The van der Waals surface area contributed by atoms with Crippen LogP contribution in [-0.2, 0) is 6.61 Å². The van der Waals surface area contributed by atoms with Gasteiger partial charge in [0.2, 0.25) is 0 Å². The molecular weight excluding hydrogens is 352 g/mol. The Balaban J connectivity index is 1.72. The van der Waals surface area contributed by atoms with Crippen molar-refractivity contribution in [3.8, 4) is 22.6 Å². The van der Waals surface area contributed by atoms with Crippen LogP contribution >= 0.6 is 0 Å². The van der Waals surface area contributed by atoms with Crippen molar-refractivity contribution >= 4 is 11.0 Å². The SMILES string of the molecule is COc1cccc(COc2ccc3c(-c4ccccc4)cc(=O)oc3c2C)c1. The predicted molar refractivity (Wildman–Crippen MR) is 110 cm³/mol. The molecule has 0 unspecified atom stereocenters. The van der Waals surface area contributed by atoms with Crippen LogP contribution in [0.3, 0.4) is 0 Å². The van der Waals surface area contributed by atoms with E-state index in [9.17, 15) is 4.79 Å². The van der Waals surface area contributed by atoms with Gasteiger partial charge in [0.25, 0.3) is 0 Å². The minimum absolute atomic E-state index is 0.376. The second kappa shape index (κ2) is 7.61. The summed E-state index contributed by atoms with van der Waals surface area (Å²) in [5.41, 5.74) is 3.81. The second-order valence-electron chi connectivity index (χ2n) is 6.55. The van der Waals surface area contributed by atoms with Crippen LogP contribution in [0.2, 0.25) is 0 Å². The summed E-state index contributed by atoms with van der Waals surface area (Å²) < 4.78 is 16.8. The lowest BCUT2D eigenvalue weighted by Gasteiger charge is -2.13. The zero-order valence-corrected chi connectivity index (χ0v) is 15.8. The summed E-state index contributed by atoms with van der Waals surface area (Å²) >= 11 is 0. The quantitative estimate of drug-likeness (QED) is 0.443. The van der Waals surface area contributed by atoms with Gasteiger partial charge in [-0.15, -0.1) is 0 Å². The molecule has 0 fully saturated rings. The van der Waals surface area contributed by atoms with Crippen LogP contribution in [0.4, 0.5) is 0 Å². The first-order valence-electron chi connectivity index (χ1n) is 9.04. The van der Waals surface area contributed by atoms with E-state index in [1.54, 1.807) is 7.11 Å². The average molecular weight is 372 g/mol. The summed E-state index contributed by atoms with van der Waals surface area (Å²) in [5, 5.41) is 0.886. The zero-order valence-electron chi connectivity index (χ0n) is 15.8. The van der Waals surface area contributed by atoms with Gasteiger partial charge in [-0.1, -0.05) is 42.5 Å². The Labute approximate surface area is 163 Å². The van der Waals surface area contributed by atoms with E-state index in [0.717, 1.165) is 33.4 Å². The summed E-state index contributed by atoms with van der Waals surface area (Å²) in [5.74, 6) is 1.47. The molecule has 0 aliphatic rings. The molecule has 0 amide bonds. The highest BCUT2D eigenvalue weighted by atomic mass is 16.5. The number of rotatable bonds is 5. The Morgan fingerprint density at radius 3 is 2.54 bits per heavy atom. The highest BCUT2D eigenvalue weighted by molar-refractivity contribution is 5.95. The summed E-state index contributed by atoms with van der Waals surface area (Å²) in [4.78, 5) is 12.2. The number of aryl methyl sites for hydroxylation is 1. The molecule has 0 N–H and O–H groups in total. The maximum Gasteiger partial charge on any atom is 0.336 e. The molecule has 28 heavy (non-hydrogen) atoms. The smallest absolute Gasteiger partial charge is 0.336 e. The molecule has 0 radical (unpaired) electrons. The van der Waals surface area contributed by atoms with Gasteiger partial charge in [0.05, 0.1) is 7.11 Å². The Bertz CT molecular complexity index is 1180. The van der Waals surface area contributed by atoms with E-state index in [0.29, 0.717) is 17.9 Å². The Hall–Kier alpha value is -3.53. The molecule has 0 saturated carbocycles. The fourth-order valence-electron chi connectivity index (χ4n) is 3.28. The maximum atomic E-state index is 12.2. The zero-order chi connectivity index (χ0) is 19.5. The van der Waals surface area contributed by atoms with Crippen LogP contribution in [0.5, 0.6) is 11.5 Å². The highest BCUT2D eigenvalue weighted by Crippen LogP contribution is 2.33. The van der Waals surface area contributed by atoms with Crippen molar-refractivity contribution in [2.45, 2.75) is 13.5 Å². The van der Waals surface area contributed by atoms with Gasteiger partial charge in [0, 0.05) is 17.0 Å². The monoisotopic (exact) mass is 372 g/mol. The molecular formula is C24H20O4. The lowest BCUT2D eigenvalue weighted by Crippen LogP contribution is -2.02. The van der Waals surface area contributed by atoms with Gasteiger partial charge in [0.15, 0.2) is 0 Å². The molecule has 3 aromatic carbocycles. The second-order valence-corrected chi connectivity index (χ2v) is 6.55.